The standard InChI is InChI=1S/C11H14BrNO3/c1-5-4-6(2)10(16-3)7(8(5)12)9(13)11(14)15/h4,9H,13H2,1-3H3,(H,14,15). The predicted octanol–water partition coefficient (Wildman–Crippen LogP) is 2.16. The maximum Gasteiger partial charge on any atom is 0.325 e. The van der Waals surface area contributed by atoms with E-state index in [1.165, 1.54) is 7.11 Å². The Hall–Kier alpha value is -1.07. The van der Waals surface area contributed by atoms with Crippen molar-refractivity contribution in [1.82, 2.24) is 0 Å². The van der Waals surface area contributed by atoms with Crippen LogP contribution < -0.4 is 10.5 Å². The van der Waals surface area contributed by atoms with E-state index in [-0.39, 0.29) is 0 Å². The van der Waals surface area contributed by atoms with Crippen LogP contribution in [-0.2, 0) is 4.79 Å². The average molecular weight is 288 g/mol. The Labute approximate surface area is 103 Å². The number of aryl methyl sites for hydroxylation is 2. The van der Waals surface area contributed by atoms with Gasteiger partial charge in [-0.1, -0.05) is 22.0 Å². The van der Waals surface area contributed by atoms with E-state index in [0.29, 0.717) is 15.8 Å². The number of carboxylic acids is 1. The van der Waals surface area contributed by atoms with Gasteiger partial charge < -0.3 is 15.6 Å². The maximum absolute atomic E-state index is 10.9. The van der Waals surface area contributed by atoms with Gasteiger partial charge in [0.15, 0.2) is 0 Å². The molecule has 16 heavy (non-hydrogen) atoms. The highest BCUT2D eigenvalue weighted by Crippen LogP contribution is 2.36. The smallest absolute Gasteiger partial charge is 0.325 e. The molecule has 4 nitrogen and oxygen atoms in total. The Morgan fingerprint density at radius 2 is 2.06 bits per heavy atom. The summed E-state index contributed by atoms with van der Waals surface area (Å²) in [5.74, 6) is -0.559. The number of rotatable bonds is 3. The average Bonchev–Trinajstić information content (AvgIpc) is 2.21. The van der Waals surface area contributed by atoms with E-state index in [1.807, 2.05) is 19.9 Å². The molecule has 0 saturated heterocycles. The third-order valence-electron chi connectivity index (χ3n) is 2.40. The summed E-state index contributed by atoms with van der Waals surface area (Å²) < 4.78 is 5.89. The molecule has 1 atom stereocenters. The van der Waals surface area contributed by atoms with E-state index < -0.39 is 12.0 Å². The van der Waals surface area contributed by atoms with Gasteiger partial charge in [-0.2, -0.15) is 0 Å². The van der Waals surface area contributed by atoms with E-state index in [1.54, 1.807) is 0 Å². The summed E-state index contributed by atoms with van der Waals surface area (Å²) in [6, 6.07) is 0.823. The molecular weight excluding hydrogens is 274 g/mol. The first-order valence-electron chi connectivity index (χ1n) is 4.72. The summed E-state index contributed by atoms with van der Waals surface area (Å²) in [4.78, 5) is 10.9. The second-order valence-corrected chi connectivity index (χ2v) is 4.38. The van der Waals surface area contributed by atoms with Gasteiger partial charge in [0.1, 0.15) is 11.8 Å². The highest BCUT2D eigenvalue weighted by molar-refractivity contribution is 9.10. The number of carbonyl (C=O) groups is 1. The van der Waals surface area contributed by atoms with Gasteiger partial charge in [-0.3, -0.25) is 4.79 Å². The van der Waals surface area contributed by atoms with Gasteiger partial charge in [0, 0.05) is 10.0 Å². The zero-order valence-corrected chi connectivity index (χ0v) is 11.0. The van der Waals surface area contributed by atoms with Crippen LogP contribution in [0.5, 0.6) is 5.75 Å². The molecular formula is C11H14BrNO3. The fraction of sp³-hybridized carbons (Fsp3) is 0.364. The summed E-state index contributed by atoms with van der Waals surface area (Å²) in [7, 11) is 1.50. The van der Waals surface area contributed by atoms with Crippen molar-refractivity contribution in [2.75, 3.05) is 7.11 Å². The molecule has 0 fully saturated rings. The van der Waals surface area contributed by atoms with E-state index in [0.717, 1.165) is 11.1 Å². The molecule has 0 saturated carbocycles. The van der Waals surface area contributed by atoms with Crippen LogP contribution in [0.15, 0.2) is 10.5 Å². The highest BCUT2D eigenvalue weighted by atomic mass is 79.9. The number of aliphatic carboxylic acids is 1. The van der Waals surface area contributed by atoms with Crippen LogP contribution in [0.1, 0.15) is 22.7 Å². The van der Waals surface area contributed by atoms with Crippen LogP contribution in [-0.4, -0.2) is 18.2 Å². The number of nitrogens with two attached hydrogens (primary N) is 1. The Morgan fingerprint density at radius 1 is 1.50 bits per heavy atom. The second-order valence-electron chi connectivity index (χ2n) is 3.59. The molecule has 88 valence electrons. The summed E-state index contributed by atoms with van der Waals surface area (Å²) in [6.45, 7) is 3.74. The minimum absolute atomic E-state index is 0.479. The van der Waals surface area contributed by atoms with Crippen molar-refractivity contribution in [2.24, 2.45) is 5.73 Å². The van der Waals surface area contributed by atoms with Crippen LogP contribution in [0.2, 0.25) is 0 Å². The van der Waals surface area contributed by atoms with Gasteiger partial charge >= 0.3 is 5.97 Å². The summed E-state index contributed by atoms with van der Waals surface area (Å²) in [5.41, 5.74) is 7.93. The zero-order valence-electron chi connectivity index (χ0n) is 9.37. The van der Waals surface area contributed by atoms with Gasteiger partial charge in [0.2, 0.25) is 0 Å². The SMILES string of the molecule is COc1c(C)cc(C)c(Br)c1C(N)C(=O)O. The normalized spacial score (nSPS) is 12.3. The number of hydrogen-bond donors (Lipinski definition) is 2. The predicted molar refractivity (Wildman–Crippen MR) is 64.7 cm³/mol. The number of carboxylic acid groups (broad SMARTS) is 1. The van der Waals surface area contributed by atoms with Crippen molar-refractivity contribution in [3.63, 3.8) is 0 Å². The number of methoxy groups -OCH3 is 1. The first kappa shape index (κ1) is 13.0. The molecule has 1 aromatic rings. The molecule has 1 rings (SSSR count). The van der Waals surface area contributed by atoms with Gasteiger partial charge in [-0.05, 0) is 25.0 Å². The maximum atomic E-state index is 10.9. The Kier molecular flexibility index (Phi) is 3.93. The third kappa shape index (κ3) is 2.20. The lowest BCUT2D eigenvalue weighted by atomic mass is 10.00. The molecule has 1 aromatic carbocycles. The second kappa shape index (κ2) is 4.84. The van der Waals surface area contributed by atoms with Gasteiger partial charge in [-0.15, -0.1) is 0 Å². The zero-order chi connectivity index (χ0) is 12.5. The van der Waals surface area contributed by atoms with Crippen molar-refractivity contribution in [1.29, 1.82) is 0 Å². The molecule has 1 unspecified atom stereocenters. The van der Waals surface area contributed by atoms with Crippen molar-refractivity contribution < 1.29 is 14.6 Å². The molecule has 0 aromatic heterocycles. The van der Waals surface area contributed by atoms with Crippen LogP contribution in [0.4, 0.5) is 0 Å². The Morgan fingerprint density at radius 3 is 2.50 bits per heavy atom. The van der Waals surface area contributed by atoms with E-state index in [9.17, 15) is 4.79 Å². The van der Waals surface area contributed by atoms with Crippen molar-refractivity contribution in [2.45, 2.75) is 19.9 Å². The summed E-state index contributed by atoms with van der Waals surface area (Å²) in [5, 5.41) is 8.96. The van der Waals surface area contributed by atoms with Gasteiger partial charge in [-0.25, -0.2) is 0 Å². The fourth-order valence-corrected chi connectivity index (χ4v) is 2.19. The topological polar surface area (TPSA) is 72.5 Å². The number of ether oxygens (including phenoxy) is 1. The lowest BCUT2D eigenvalue weighted by Gasteiger charge is -2.18. The van der Waals surface area contributed by atoms with E-state index >= 15 is 0 Å². The molecule has 0 aliphatic rings. The highest BCUT2D eigenvalue weighted by Gasteiger charge is 2.24. The Bertz CT molecular complexity index is 432. The molecule has 5 heteroatoms. The van der Waals surface area contributed by atoms with Crippen LogP contribution in [0.3, 0.4) is 0 Å². The minimum Gasteiger partial charge on any atom is -0.496 e. The number of hydrogen-bond acceptors (Lipinski definition) is 3. The first-order valence-corrected chi connectivity index (χ1v) is 5.51. The van der Waals surface area contributed by atoms with Crippen molar-refractivity contribution >= 4 is 21.9 Å². The quantitative estimate of drug-likeness (QED) is 0.894. The molecule has 0 radical (unpaired) electrons. The third-order valence-corrected chi connectivity index (χ3v) is 3.45. The van der Waals surface area contributed by atoms with Crippen LogP contribution in [0.25, 0.3) is 0 Å². The molecule has 0 aliphatic carbocycles. The molecule has 0 amide bonds. The fourth-order valence-electron chi connectivity index (χ4n) is 1.65. The van der Waals surface area contributed by atoms with Gasteiger partial charge in [0.25, 0.3) is 0 Å². The molecule has 3 N–H and O–H groups in total. The van der Waals surface area contributed by atoms with Crippen molar-refractivity contribution in [3.8, 4) is 5.75 Å². The molecule has 0 heterocycles. The Balaban J connectivity index is 3.50. The van der Waals surface area contributed by atoms with Gasteiger partial charge in [0.05, 0.1) is 7.11 Å². The summed E-state index contributed by atoms with van der Waals surface area (Å²) in [6.07, 6.45) is 0. The molecule has 0 spiro atoms. The summed E-state index contributed by atoms with van der Waals surface area (Å²) >= 11 is 3.35. The van der Waals surface area contributed by atoms with Crippen molar-refractivity contribution in [3.05, 3.63) is 27.2 Å². The first-order chi connectivity index (χ1) is 7.40. The number of benzene rings is 1. The van der Waals surface area contributed by atoms with Crippen LogP contribution in [0, 0.1) is 13.8 Å². The van der Waals surface area contributed by atoms with E-state index in [2.05, 4.69) is 15.9 Å². The monoisotopic (exact) mass is 287 g/mol. The largest absolute Gasteiger partial charge is 0.496 e. The molecule has 0 bridgehead atoms. The number of halogens is 1. The molecule has 0 aliphatic heterocycles. The van der Waals surface area contributed by atoms with Crippen LogP contribution >= 0.6 is 15.9 Å². The van der Waals surface area contributed by atoms with E-state index in [4.69, 9.17) is 15.6 Å². The minimum atomic E-state index is -1.09. The lowest BCUT2D eigenvalue weighted by Crippen LogP contribution is -2.22. The lowest BCUT2D eigenvalue weighted by molar-refractivity contribution is -0.138.